The van der Waals surface area contributed by atoms with Crippen molar-refractivity contribution in [2.24, 2.45) is 5.92 Å². The van der Waals surface area contributed by atoms with Crippen LogP contribution in [0.2, 0.25) is 0 Å². The van der Waals surface area contributed by atoms with Crippen molar-refractivity contribution in [3.63, 3.8) is 0 Å². The van der Waals surface area contributed by atoms with E-state index in [4.69, 9.17) is 4.74 Å². The van der Waals surface area contributed by atoms with Gasteiger partial charge in [-0.25, -0.2) is 4.39 Å². The van der Waals surface area contributed by atoms with Crippen molar-refractivity contribution in [3.8, 4) is 0 Å². The Hall–Kier alpha value is -1.13. The molecule has 0 amide bonds. The topological polar surface area (TPSA) is 24.5 Å². The van der Waals surface area contributed by atoms with Crippen LogP contribution in [-0.2, 0) is 11.3 Å². The molecule has 112 valence electrons. The number of rotatable bonds is 5. The minimum Gasteiger partial charge on any atom is -0.377 e. The van der Waals surface area contributed by atoms with Crippen LogP contribution in [0.3, 0.4) is 0 Å². The lowest BCUT2D eigenvalue weighted by molar-refractivity contribution is 0.0986. The van der Waals surface area contributed by atoms with E-state index < -0.39 is 0 Å². The summed E-state index contributed by atoms with van der Waals surface area (Å²) in [5.41, 5.74) is 1.68. The van der Waals surface area contributed by atoms with Gasteiger partial charge in [-0.1, -0.05) is 19.9 Å². The minimum absolute atomic E-state index is 0.136. The molecule has 1 saturated heterocycles. The van der Waals surface area contributed by atoms with Gasteiger partial charge < -0.3 is 15.0 Å². The molecule has 2 rings (SSSR count). The van der Waals surface area contributed by atoms with Gasteiger partial charge in [-0.3, -0.25) is 0 Å². The maximum atomic E-state index is 14.3. The molecular weight excluding hydrogens is 255 g/mol. The summed E-state index contributed by atoms with van der Waals surface area (Å²) in [6.07, 6.45) is 0. The first-order valence-electron chi connectivity index (χ1n) is 7.41. The second-order valence-corrected chi connectivity index (χ2v) is 5.93. The van der Waals surface area contributed by atoms with Gasteiger partial charge in [-0.05, 0) is 37.1 Å². The Kier molecular flexibility index (Phi) is 5.38. The minimum atomic E-state index is -0.136. The van der Waals surface area contributed by atoms with E-state index in [1.807, 2.05) is 12.1 Å². The standard InChI is InChI=1S/C16H25FN2O/c1-12(2)9-18-10-14-4-5-16(15(17)8-14)19-6-7-20-11-13(19)3/h4-5,8,12-13,18H,6-7,9-11H2,1-3H3. The molecule has 1 N–H and O–H groups in total. The second kappa shape index (κ2) is 7.04. The molecule has 1 fully saturated rings. The number of nitrogens with one attached hydrogen (secondary N) is 1. The molecule has 1 aliphatic rings. The van der Waals surface area contributed by atoms with Gasteiger partial charge in [0.25, 0.3) is 0 Å². The van der Waals surface area contributed by atoms with Crippen LogP contribution in [0, 0.1) is 11.7 Å². The first kappa shape index (κ1) is 15.3. The van der Waals surface area contributed by atoms with E-state index in [2.05, 4.69) is 31.0 Å². The number of ether oxygens (including phenoxy) is 1. The lowest BCUT2D eigenvalue weighted by Crippen LogP contribution is -2.44. The molecular formula is C16H25FN2O. The van der Waals surface area contributed by atoms with Crippen molar-refractivity contribution in [1.82, 2.24) is 5.32 Å². The lowest BCUT2D eigenvalue weighted by atomic mass is 10.1. The fourth-order valence-corrected chi connectivity index (χ4v) is 2.48. The van der Waals surface area contributed by atoms with Crippen LogP contribution in [0.1, 0.15) is 26.3 Å². The van der Waals surface area contributed by atoms with E-state index >= 15 is 0 Å². The Morgan fingerprint density at radius 1 is 1.45 bits per heavy atom. The average Bonchev–Trinajstić information content (AvgIpc) is 2.40. The van der Waals surface area contributed by atoms with Gasteiger partial charge in [0, 0.05) is 19.1 Å². The monoisotopic (exact) mass is 280 g/mol. The van der Waals surface area contributed by atoms with Crippen molar-refractivity contribution in [3.05, 3.63) is 29.6 Å². The normalized spacial score (nSPS) is 19.6. The van der Waals surface area contributed by atoms with Crippen LogP contribution in [0.25, 0.3) is 0 Å². The summed E-state index contributed by atoms with van der Waals surface area (Å²) in [4.78, 5) is 2.09. The number of halogens is 1. The average molecular weight is 280 g/mol. The van der Waals surface area contributed by atoms with E-state index in [-0.39, 0.29) is 11.9 Å². The van der Waals surface area contributed by atoms with E-state index in [1.54, 1.807) is 6.07 Å². The molecule has 1 heterocycles. The van der Waals surface area contributed by atoms with Crippen molar-refractivity contribution in [2.75, 3.05) is 31.2 Å². The smallest absolute Gasteiger partial charge is 0.146 e. The lowest BCUT2D eigenvalue weighted by Gasteiger charge is -2.35. The largest absolute Gasteiger partial charge is 0.377 e. The van der Waals surface area contributed by atoms with Crippen LogP contribution < -0.4 is 10.2 Å². The highest BCUT2D eigenvalue weighted by atomic mass is 19.1. The van der Waals surface area contributed by atoms with E-state index in [1.165, 1.54) is 0 Å². The third-order valence-corrected chi connectivity index (χ3v) is 3.57. The van der Waals surface area contributed by atoms with Crippen molar-refractivity contribution < 1.29 is 9.13 Å². The Morgan fingerprint density at radius 3 is 2.90 bits per heavy atom. The van der Waals surface area contributed by atoms with Crippen LogP contribution in [0.5, 0.6) is 0 Å². The number of morpholine rings is 1. The number of hydrogen-bond acceptors (Lipinski definition) is 3. The summed E-state index contributed by atoms with van der Waals surface area (Å²) < 4.78 is 19.7. The Morgan fingerprint density at radius 2 is 2.25 bits per heavy atom. The Labute approximate surface area is 121 Å². The summed E-state index contributed by atoms with van der Waals surface area (Å²) >= 11 is 0. The predicted octanol–water partition coefficient (Wildman–Crippen LogP) is 2.80. The Bertz CT molecular complexity index is 436. The molecule has 0 spiro atoms. The predicted molar refractivity (Wildman–Crippen MR) is 80.6 cm³/mol. The van der Waals surface area contributed by atoms with Crippen LogP contribution in [0.15, 0.2) is 18.2 Å². The van der Waals surface area contributed by atoms with Gasteiger partial charge >= 0.3 is 0 Å². The molecule has 1 atom stereocenters. The molecule has 0 bridgehead atoms. The molecule has 3 nitrogen and oxygen atoms in total. The van der Waals surface area contributed by atoms with Crippen molar-refractivity contribution in [1.29, 1.82) is 0 Å². The fourth-order valence-electron chi connectivity index (χ4n) is 2.48. The Balaban J connectivity index is 2.01. The summed E-state index contributed by atoms with van der Waals surface area (Å²) in [6, 6.07) is 5.77. The zero-order valence-electron chi connectivity index (χ0n) is 12.7. The van der Waals surface area contributed by atoms with Gasteiger partial charge in [0.15, 0.2) is 0 Å². The second-order valence-electron chi connectivity index (χ2n) is 5.93. The zero-order chi connectivity index (χ0) is 14.5. The molecule has 0 radical (unpaired) electrons. The molecule has 20 heavy (non-hydrogen) atoms. The van der Waals surface area contributed by atoms with E-state index in [9.17, 15) is 4.39 Å². The molecule has 0 aromatic heterocycles. The quantitative estimate of drug-likeness (QED) is 0.897. The van der Waals surface area contributed by atoms with Gasteiger partial charge in [-0.15, -0.1) is 0 Å². The van der Waals surface area contributed by atoms with Crippen LogP contribution in [-0.4, -0.2) is 32.3 Å². The summed E-state index contributed by atoms with van der Waals surface area (Å²) in [5, 5.41) is 3.34. The van der Waals surface area contributed by atoms with E-state index in [0.29, 0.717) is 31.4 Å². The third-order valence-electron chi connectivity index (χ3n) is 3.57. The highest BCUT2D eigenvalue weighted by Gasteiger charge is 2.21. The maximum Gasteiger partial charge on any atom is 0.146 e. The highest BCUT2D eigenvalue weighted by molar-refractivity contribution is 5.50. The SMILES string of the molecule is CC(C)CNCc1ccc(N2CCOCC2C)c(F)c1. The van der Waals surface area contributed by atoms with Gasteiger partial charge in [-0.2, -0.15) is 0 Å². The highest BCUT2D eigenvalue weighted by Crippen LogP contribution is 2.24. The molecule has 4 heteroatoms. The van der Waals surface area contributed by atoms with Crippen molar-refractivity contribution in [2.45, 2.75) is 33.4 Å². The van der Waals surface area contributed by atoms with Crippen LogP contribution in [0.4, 0.5) is 10.1 Å². The molecule has 0 saturated carbocycles. The number of nitrogens with zero attached hydrogens (tertiary/aromatic N) is 1. The number of hydrogen-bond donors (Lipinski definition) is 1. The summed E-state index contributed by atoms with van der Waals surface area (Å²) in [6.45, 7) is 10.1. The number of anilines is 1. The molecule has 1 aromatic carbocycles. The van der Waals surface area contributed by atoms with Gasteiger partial charge in [0.05, 0.1) is 18.9 Å². The first-order valence-corrected chi connectivity index (χ1v) is 7.41. The third kappa shape index (κ3) is 3.93. The number of benzene rings is 1. The maximum absolute atomic E-state index is 14.3. The molecule has 1 aliphatic heterocycles. The van der Waals surface area contributed by atoms with Gasteiger partial charge in [0.1, 0.15) is 5.82 Å². The van der Waals surface area contributed by atoms with Gasteiger partial charge in [0.2, 0.25) is 0 Å². The molecule has 1 unspecified atom stereocenters. The summed E-state index contributed by atoms with van der Waals surface area (Å²) in [7, 11) is 0. The summed E-state index contributed by atoms with van der Waals surface area (Å²) in [5.74, 6) is 0.468. The first-order chi connectivity index (χ1) is 9.58. The fraction of sp³-hybridized carbons (Fsp3) is 0.625. The molecule has 0 aliphatic carbocycles. The van der Waals surface area contributed by atoms with Crippen LogP contribution >= 0.6 is 0 Å². The van der Waals surface area contributed by atoms with E-state index in [0.717, 1.165) is 18.7 Å². The van der Waals surface area contributed by atoms with Crippen molar-refractivity contribution >= 4 is 5.69 Å². The molecule has 1 aromatic rings. The zero-order valence-corrected chi connectivity index (χ0v) is 12.7.